The van der Waals surface area contributed by atoms with Crippen LogP contribution in [-0.4, -0.2) is 48.1 Å². The van der Waals surface area contributed by atoms with Crippen LogP contribution in [0.15, 0.2) is 66.7 Å². The van der Waals surface area contributed by atoms with Gasteiger partial charge in [0.2, 0.25) is 11.8 Å². The number of carboxylic acids is 1. The second-order valence-corrected chi connectivity index (χ2v) is 11.3. The van der Waals surface area contributed by atoms with Crippen LogP contribution in [0.1, 0.15) is 35.6 Å². The van der Waals surface area contributed by atoms with Crippen molar-refractivity contribution >= 4 is 41.1 Å². The number of anilines is 1. The third-order valence-electron chi connectivity index (χ3n) is 8.29. The lowest BCUT2D eigenvalue weighted by Gasteiger charge is -2.31. The fraction of sp³-hybridized carbons (Fsp3) is 0.312. The largest absolute Gasteiger partial charge is 0.493 e. The summed E-state index contributed by atoms with van der Waals surface area (Å²) in [6.45, 7) is 2.06. The second-order valence-electron chi connectivity index (χ2n) is 10.9. The Kier molecular flexibility index (Phi) is 8.80. The molecule has 12 heteroatoms. The van der Waals surface area contributed by atoms with Gasteiger partial charge in [0, 0.05) is 23.2 Å². The Morgan fingerprint density at radius 2 is 1.84 bits per heavy atom. The zero-order chi connectivity index (χ0) is 31.6. The van der Waals surface area contributed by atoms with E-state index in [0.29, 0.717) is 22.1 Å². The van der Waals surface area contributed by atoms with Crippen LogP contribution in [0.3, 0.4) is 0 Å². The molecule has 230 valence electrons. The summed E-state index contributed by atoms with van der Waals surface area (Å²) < 4.78 is 11.9. The number of para-hydroxylation sites is 1. The number of halogens is 1. The molecule has 2 saturated heterocycles. The first-order valence-electron chi connectivity index (χ1n) is 14.1. The van der Waals surface area contributed by atoms with Gasteiger partial charge in [0.15, 0.2) is 11.5 Å². The van der Waals surface area contributed by atoms with Gasteiger partial charge >= 0.3 is 12.0 Å². The van der Waals surface area contributed by atoms with Crippen LogP contribution < -0.4 is 30.7 Å². The highest BCUT2D eigenvalue weighted by molar-refractivity contribution is 6.32. The zero-order valence-corrected chi connectivity index (χ0v) is 25.0. The molecule has 44 heavy (non-hydrogen) atoms. The predicted octanol–water partition coefficient (Wildman–Crippen LogP) is 3.96. The standard InChI is InChI=1S/C32H33ClN4O7/c1-18-12-13-20(16-22(18)33)37-28(38)24-25(29(37)39)32(30(40)41,14-7-15-35-31(34)42)36-26(24)21-10-6-11-23(43-2)27(21)44-17-19-8-4-3-5-9-19/h3-6,8-13,16,24-26,36H,7,14-15,17H2,1-2H3,(H,40,41)(H3,34,35,42). The van der Waals surface area contributed by atoms with Crippen LogP contribution in [0.2, 0.25) is 5.02 Å². The number of benzene rings is 3. The molecule has 5 N–H and O–H groups in total. The predicted molar refractivity (Wildman–Crippen MR) is 162 cm³/mol. The Bertz CT molecular complexity index is 1600. The number of nitrogens with two attached hydrogens (primary N) is 1. The van der Waals surface area contributed by atoms with E-state index < -0.39 is 47.2 Å². The van der Waals surface area contributed by atoms with Gasteiger partial charge in [0.05, 0.1) is 24.6 Å². The molecule has 0 saturated carbocycles. The fourth-order valence-electron chi connectivity index (χ4n) is 6.18. The SMILES string of the molecule is COc1cccc(C2NC(CCCNC(N)=O)(C(=O)O)C3C(=O)N(c4ccc(C)c(Cl)c4)C(=O)C23)c1OCc1ccccc1. The number of hydrogen-bond donors (Lipinski definition) is 4. The molecule has 11 nitrogen and oxygen atoms in total. The number of aliphatic carboxylic acids is 1. The van der Waals surface area contributed by atoms with Crippen molar-refractivity contribution < 1.29 is 33.8 Å². The van der Waals surface area contributed by atoms with Crippen molar-refractivity contribution in [3.63, 3.8) is 0 Å². The van der Waals surface area contributed by atoms with Crippen LogP contribution in [0.4, 0.5) is 10.5 Å². The smallest absolute Gasteiger partial charge is 0.324 e. The maximum absolute atomic E-state index is 14.2. The number of methoxy groups -OCH3 is 1. The molecule has 0 spiro atoms. The zero-order valence-electron chi connectivity index (χ0n) is 24.2. The monoisotopic (exact) mass is 620 g/mol. The number of hydrogen-bond acceptors (Lipinski definition) is 7. The average Bonchev–Trinajstić information content (AvgIpc) is 3.49. The normalized spacial score (nSPS) is 22.5. The van der Waals surface area contributed by atoms with Gasteiger partial charge in [-0.3, -0.25) is 19.7 Å². The topological polar surface area (TPSA) is 160 Å². The van der Waals surface area contributed by atoms with Gasteiger partial charge in [0.25, 0.3) is 0 Å². The third kappa shape index (κ3) is 5.56. The molecule has 0 bridgehead atoms. The molecule has 2 fully saturated rings. The lowest BCUT2D eigenvalue weighted by molar-refractivity contribution is -0.149. The van der Waals surface area contributed by atoms with Gasteiger partial charge in [-0.1, -0.05) is 60.1 Å². The van der Waals surface area contributed by atoms with E-state index in [1.165, 1.54) is 13.2 Å². The molecular formula is C32H33ClN4O7. The number of carboxylic acid groups (broad SMARTS) is 1. The maximum atomic E-state index is 14.2. The highest BCUT2D eigenvalue weighted by Gasteiger charge is 2.68. The second kappa shape index (κ2) is 12.6. The van der Waals surface area contributed by atoms with E-state index in [0.717, 1.165) is 16.0 Å². The number of carbonyl (C=O) groups excluding carboxylic acids is 3. The molecule has 0 aromatic heterocycles. The number of ether oxygens (including phenoxy) is 2. The van der Waals surface area contributed by atoms with Crippen molar-refractivity contribution in [3.8, 4) is 11.5 Å². The molecule has 2 heterocycles. The minimum absolute atomic E-state index is 0.0774. The summed E-state index contributed by atoms with van der Waals surface area (Å²) in [5.74, 6) is -4.19. The number of fused-ring (bicyclic) bond motifs is 1. The number of carbonyl (C=O) groups is 4. The lowest BCUT2D eigenvalue weighted by atomic mass is 9.77. The van der Waals surface area contributed by atoms with Crippen molar-refractivity contribution in [1.82, 2.24) is 10.6 Å². The molecule has 4 amide bonds. The molecule has 4 atom stereocenters. The minimum atomic E-state index is -1.86. The summed E-state index contributed by atoms with van der Waals surface area (Å²) in [5.41, 5.74) is 5.71. The first-order chi connectivity index (χ1) is 21.1. The quantitative estimate of drug-likeness (QED) is 0.185. The first-order valence-corrected chi connectivity index (χ1v) is 14.5. The number of rotatable bonds is 11. The van der Waals surface area contributed by atoms with E-state index in [9.17, 15) is 24.3 Å². The van der Waals surface area contributed by atoms with E-state index in [2.05, 4.69) is 10.6 Å². The summed E-state index contributed by atoms with van der Waals surface area (Å²) in [4.78, 5) is 53.9. The van der Waals surface area contributed by atoms with Crippen molar-refractivity contribution in [1.29, 1.82) is 0 Å². The van der Waals surface area contributed by atoms with E-state index in [-0.39, 0.29) is 31.7 Å². The molecule has 2 aliphatic heterocycles. The number of imide groups is 1. The number of amides is 4. The summed E-state index contributed by atoms with van der Waals surface area (Å²) >= 11 is 6.36. The molecule has 3 aromatic rings. The summed E-state index contributed by atoms with van der Waals surface area (Å²) in [6, 6.07) is 17.7. The van der Waals surface area contributed by atoms with Crippen LogP contribution in [0.5, 0.6) is 11.5 Å². The number of aryl methyl sites for hydroxylation is 1. The van der Waals surface area contributed by atoms with Crippen LogP contribution in [0, 0.1) is 18.8 Å². The number of nitrogens with one attached hydrogen (secondary N) is 2. The van der Waals surface area contributed by atoms with Crippen LogP contribution in [0.25, 0.3) is 0 Å². The summed E-state index contributed by atoms with van der Waals surface area (Å²) in [5, 5.41) is 16.7. The van der Waals surface area contributed by atoms with Crippen molar-refractivity contribution in [2.24, 2.45) is 17.6 Å². The van der Waals surface area contributed by atoms with Crippen LogP contribution in [-0.2, 0) is 21.0 Å². The molecule has 2 aliphatic rings. The molecule has 3 aromatic carbocycles. The number of primary amides is 1. The molecule has 4 unspecified atom stereocenters. The Labute approximate surface area is 259 Å². The molecule has 0 radical (unpaired) electrons. The Morgan fingerprint density at radius 1 is 1.09 bits per heavy atom. The highest BCUT2D eigenvalue weighted by Crippen LogP contribution is 2.53. The lowest BCUT2D eigenvalue weighted by Crippen LogP contribution is -2.56. The Balaban J connectivity index is 1.61. The van der Waals surface area contributed by atoms with Crippen molar-refractivity contribution in [2.75, 3.05) is 18.6 Å². The number of urea groups is 1. The number of nitrogens with zero attached hydrogens (tertiary/aromatic N) is 1. The summed E-state index contributed by atoms with van der Waals surface area (Å²) in [7, 11) is 1.49. The van der Waals surface area contributed by atoms with Gasteiger partial charge in [-0.05, 0) is 49.1 Å². The van der Waals surface area contributed by atoms with Crippen molar-refractivity contribution in [3.05, 3.63) is 88.4 Å². The van der Waals surface area contributed by atoms with Gasteiger partial charge in [-0.2, -0.15) is 0 Å². The minimum Gasteiger partial charge on any atom is -0.493 e. The van der Waals surface area contributed by atoms with E-state index in [1.807, 2.05) is 30.3 Å². The molecular weight excluding hydrogens is 588 g/mol. The van der Waals surface area contributed by atoms with E-state index >= 15 is 0 Å². The van der Waals surface area contributed by atoms with Gasteiger partial charge in [-0.15, -0.1) is 0 Å². The molecule has 0 aliphatic carbocycles. The Hall–Kier alpha value is -4.61. The average molecular weight is 621 g/mol. The van der Waals surface area contributed by atoms with Gasteiger partial charge < -0.3 is 25.6 Å². The summed E-state index contributed by atoms with van der Waals surface area (Å²) in [6.07, 6.45) is 0.0947. The van der Waals surface area contributed by atoms with Gasteiger partial charge in [0.1, 0.15) is 12.1 Å². The van der Waals surface area contributed by atoms with Crippen LogP contribution >= 0.6 is 11.6 Å². The Morgan fingerprint density at radius 3 is 2.50 bits per heavy atom. The fourth-order valence-corrected chi connectivity index (χ4v) is 6.35. The maximum Gasteiger partial charge on any atom is 0.324 e. The van der Waals surface area contributed by atoms with E-state index in [4.69, 9.17) is 26.8 Å². The first kappa shape index (κ1) is 30.8. The van der Waals surface area contributed by atoms with Crippen molar-refractivity contribution in [2.45, 2.75) is 38.0 Å². The highest BCUT2D eigenvalue weighted by atomic mass is 35.5. The van der Waals surface area contributed by atoms with Gasteiger partial charge in [-0.25, -0.2) is 9.69 Å². The van der Waals surface area contributed by atoms with E-state index in [1.54, 1.807) is 37.3 Å². The third-order valence-corrected chi connectivity index (χ3v) is 8.69. The molecule has 5 rings (SSSR count).